The minimum absolute atomic E-state index is 0.0359. The standard InChI is InChI=1S/C18H15BrFN5O4/c1-28-12-4-2-3-10(7-12)22-18(26)23-15-9-29-25-16(15)17(24-27)21-11-5-6-14(20)13(19)8-11/h2-9,27H,1H3,(H,21,24)(H2,22,23,26). The number of oxime groups is 1. The molecule has 3 aromatic rings. The molecule has 1 heterocycles. The van der Waals surface area contributed by atoms with Gasteiger partial charge < -0.3 is 30.4 Å². The lowest BCUT2D eigenvalue weighted by atomic mass is 10.2. The van der Waals surface area contributed by atoms with Gasteiger partial charge in [0.25, 0.3) is 0 Å². The van der Waals surface area contributed by atoms with Crippen LogP contribution in [0, 0.1) is 5.82 Å². The Labute approximate surface area is 172 Å². The first kappa shape index (κ1) is 20.1. The van der Waals surface area contributed by atoms with Gasteiger partial charge in [-0.15, -0.1) is 0 Å². The molecule has 0 unspecified atom stereocenters. The number of aromatic nitrogens is 1. The van der Waals surface area contributed by atoms with E-state index in [1.165, 1.54) is 31.6 Å². The Morgan fingerprint density at radius 1 is 1.21 bits per heavy atom. The second kappa shape index (κ2) is 9.06. The molecule has 29 heavy (non-hydrogen) atoms. The fourth-order valence-electron chi connectivity index (χ4n) is 2.32. The van der Waals surface area contributed by atoms with Gasteiger partial charge in [0.15, 0.2) is 5.69 Å². The largest absolute Gasteiger partial charge is 0.497 e. The molecule has 0 fully saturated rings. The highest BCUT2D eigenvalue weighted by Gasteiger charge is 2.18. The summed E-state index contributed by atoms with van der Waals surface area (Å²) in [6.07, 6.45) is 1.17. The van der Waals surface area contributed by atoms with E-state index in [0.29, 0.717) is 17.1 Å². The zero-order valence-electron chi connectivity index (χ0n) is 14.9. The van der Waals surface area contributed by atoms with Gasteiger partial charge >= 0.3 is 6.03 Å². The molecule has 1 aromatic heterocycles. The minimum atomic E-state index is -0.579. The van der Waals surface area contributed by atoms with E-state index >= 15 is 0 Å². The smallest absolute Gasteiger partial charge is 0.323 e. The van der Waals surface area contributed by atoms with Crippen LogP contribution in [-0.2, 0) is 0 Å². The van der Waals surface area contributed by atoms with Crippen LogP contribution in [0.1, 0.15) is 5.69 Å². The van der Waals surface area contributed by atoms with E-state index in [4.69, 9.17) is 9.26 Å². The number of amides is 2. The van der Waals surface area contributed by atoms with Crippen LogP contribution in [-0.4, -0.2) is 29.3 Å². The van der Waals surface area contributed by atoms with Crippen molar-refractivity contribution in [2.24, 2.45) is 5.16 Å². The van der Waals surface area contributed by atoms with Crippen molar-refractivity contribution in [1.82, 2.24) is 5.16 Å². The van der Waals surface area contributed by atoms with Gasteiger partial charge in [-0.1, -0.05) is 16.4 Å². The molecule has 3 rings (SSSR count). The van der Waals surface area contributed by atoms with Gasteiger partial charge in [0.2, 0.25) is 5.84 Å². The maximum Gasteiger partial charge on any atom is 0.323 e. The van der Waals surface area contributed by atoms with Crippen LogP contribution in [0.5, 0.6) is 5.75 Å². The van der Waals surface area contributed by atoms with E-state index in [2.05, 4.69) is 42.2 Å². The molecule has 0 radical (unpaired) electrons. The summed E-state index contributed by atoms with van der Waals surface area (Å²) in [6.45, 7) is 0. The summed E-state index contributed by atoms with van der Waals surface area (Å²) < 4.78 is 23.6. The van der Waals surface area contributed by atoms with E-state index < -0.39 is 11.8 Å². The van der Waals surface area contributed by atoms with Crippen molar-refractivity contribution >= 4 is 44.9 Å². The van der Waals surface area contributed by atoms with Crippen LogP contribution in [0.15, 0.2) is 62.9 Å². The zero-order chi connectivity index (χ0) is 20.8. The lowest BCUT2D eigenvalue weighted by molar-refractivity contribution is 0.262. The van der Waals surface area contributed by atoms with Gasteiger partial charge in [0.05, 0.1) is 11.6 Å². The number of urea groups is 1. The van der Waals surface area contributed by atoms with Crippen LogP contribution in [0.25, 0.3) is 0 Å². The highest BCUT2D eigenvalue weighted by molar-refractivity contribution is 9.10. The van der Waals surface area contributed by atoms with Crippen LogP contribution in [0.4, 0.5) is 26.2 Å². The van der Waals surface area contributed by atoms with Gasteiger partial charge in [-0.25, -0.2) is 9.18 Å². The van der Waals surface area contributed by atoms with Crippen molar-refractivity contribution in [2.45, 2.75) is 0 Å². The monoisotopic (exact) mass is 463 g/mol. The van der Waals surface area contributed by atoms with E-state index in [1.807, 2.05) is 0 Å². The molecule has 4 N–H and O–H groups in total. The topological polar surface area (TPSA) is 121 Å². The molecule has 150 valence electrons. The second-order valence-corrected chi connectivity index (χ2v) is 6.44. The van der Waals surface area contributed by atoms with Gasteiger partial charge in [-0.2, -0.15) is 0 Å². The lowest BCUT2D eigenvalue weighted by Gasteiger charge is -2.10. The van der Waals surface area contributed by atoms with Crippen LogP contribution in [0.3, 0.4) is 0 Å². The second-order valence-electron chi connectivity index (χ2n) is 5.59. The number of carbonyl (C=O) groups excluding carboxylic acids is 1. The van der Waals surface area contributed by atoms with Crippen LogP contribution >= 0.6 is 15.9 Å². The number of methoxy groups -OCH3 is 1. The highest BCUT2D eigenvalue weighted by Crippen LogP contribution is 2.22. The number of carbonyl (C=O) groups is 1. The molecule has 2 aromatic carbocycles. The maximum atomic E-state index is 13.4. The average molecular weight is 464 g/mol. The molecule has 0 aliphatic carbocycles. The van der Waals surface area contributed by atoms with E-state index in [1.54, 1.807) is 24.3 Å². The molecule has 2 amide bonds. The highest BCUT2D eigenvalue weighted by atomic mass is 79.9. The first-order chi connectivity index (χ1) is 14.0. The molecule has 9 nitrogen and oxygen atoms in total. The zero-order valence-corrected chi connectivity index (χ0v) is 16.5. The number of halogens is 2. The predicted molar refractivity (Wildman–Crippen MR) is 108 cm³/mol. The Balaban J connectivity index is 1.73. The predicted octanol–water partition coefficient (Wildman–Crippen LogP) is 4.48. The van der Waals surface area contributed by atoms with E-state index in [9.17, 15) is 14.4 Å². The van der Waals surface area contributed by atoms with Gasteiger partial charge in [-0.3, -0.25) is 0 Å². The quantitative estimate of drug-likeness (QED) is 0.191. The SMILES string of the molecule is COc1cccc(NC(=O)Nc2conc2/C(=N/O)Nc2ccc(F)c(Br)c2)c1. The molecule has 0 saturated carbocycles. The van der Waals surface area contributed by atoms with Crippen molar-refractivity contribution in [2.75, 3.05) is 23.1 Å². The number of nitrogens with one attached hydrogen (secondary N) is 3. The van der Waals surface area contributed by atoms with E-state index in [-0.39, 0.29) is 21.7 Å². The Kier molecular flexibility index (Phi) is 6.29. The molecular weight excluding hydrogens is 449 g/mol. The number of hydrogen-bond acceptors (Lipinski definition) is 6. The summed E-state index contributed by atoms with van der Waals surface area (Å²) in [5.74, 6) is 0.0165. The van der Waals surface area contributed by atoms with Crippen LogP contribution in [0.2, 0.25) is 0 Å². The summed E-state index contributed by atoms with van der Waals surface area (Å²) in [7, 11) is 1.52. The molecule has 0 aliphatic heterocycles. The van der Waals surface area contributed by atoms with Crippen molar-refractivity contribution in [3.63, 3.8) is 0 Å². The van der Waals surface area contributed by atoms with E-state index in [0.717, 1.165) is 0 Å². The maximum absolute atomic E-state index is 13.4. The summed E-state index contributed by atoms with van der Waals surface area (Å²) in [6, 6.07) is 10.3. The number of ether oxygens (including phenoxy) is 1. The first-order valence-corrected chi connectivity index (χ1v) is 8.90. The Morgan fingerprint density at radius 2 is 2.00 bits per heavy atom. The molecule has 0 spiro atoms. The van der Waals surface area contributed by atoms with Gasteiger partial charge in [-0.05, 0) is 46.3 Å². The van der Waals surface area contributed by atoms with Crippen LogP contribution < -0.4 is 20.7 Å². The molecule has 11 heteroatoms. The lowest BCUT2D eigenvalue weighted by Crippen LogP contribution is -2.22. The third-order valence-corrected chi connectivity index (χ3v) is 4.26. The number of nitrogens with zero attached hydrogens (tertiary/aromatic N) is 2. The molecule has 0 aliphatic rings. The van der Waals surface area contributed by atoms with Gasteiger partial charge in [0, 0.05) is 17.4 Å². The van der Waals surface area contributed by atoms with Crippen molar-refractivity contribution < 1.29 is 23.7 Å². The molecule has 0 saturated heterocycles. The molecular formula is C18H15BrFN5O4. The number of benzene rings is 2. The Morgan fingerprint density at radius 3 is 2.72 bits per heavy atom. The van der Waals surface area contributed by atoms with Gasteiger partial charge in [0.1, 0.15) is 23.5 Å². The normalized spacial score (nSPS) is 11.1. The number of hydrogen-bond donors (Lipinski definition) is 4. The fraction of sp³-hybridized carbons (Fsp3) is 0.0556. The summed E-state index contributed by atoms with van der Waals surface area (Å²) in [5, 5.41) is 24.2. The van der Waals surface area contributed by atoms with Crippen molar-refractivity contribution in [3.8, 4) is 5.75 Å². The first-order valence-electron chi connectivity index (χ1n) is 8.11. The number of rotatable bonds is 5. The van der Waals surface area contributed by atoms with Crippen molar-refractivity contribution in [3.05, 3.63) is 64.7 Å². The minimum Gasteiger partial charge on any atom is -0.497 e. The molecule has 0 atom stereocenters. The number of amidine groups is 1. The number of anilines is 3. The fourth-order valence-corrected chi connectivity index (χ4v) is 2.70. The van der Waals surface area contributed by atoms with Crippen molar-refractivity contribution in [1.29, 1.82) is 0 Å². The summed E-state index contributed by atoms with van der Waals surface area (Å²) >= 11 is 3.07. The summed E-state index contributed by atoms with van der Waals surface area (Å²) in [4.78, 5) is 12.3. The molecule has 0 bridgehead atoms. The summed E-state index contributed by atoms with van der Waals surface area (Å²) in [5.41, 5.74) is 1.10. The third-order valence-electron chi connectivity index (χ3n) is 3.65. The Bertz CT molecular complexity index is 1060. The average Bonchev–Trinajstić information content (AvgIpc) is 3.16. The Hall–Kier alpha value is -3.60. The third kappa shape index (κ3) is 5.02.